The highest BCUT2D eigenvalue weighted by atomic mass is 16.2. The third kappa shape index (κ3) is 13.3. The van der Waals surface area contributed by atoms with E-state index in [9.17, 15) is 28.8 Å². The van der Waals surface area contributed by atoms with Crippen LogP contribution in [0.3, 0.4) is 0 Å². The third-order valence-electron chi connectivity index (χ3n) is 5.62. The predicted molar refractivity (Wildman–Crippen MR) is 142 cm³/mol. The lowest BCUT2D eigenvalue weighted by molar-refractivity contribution is -0.139. The summed E-state index contributed by atoms with van der Waals surface area (Å²) >= 11 is 0. The Labute approximate surface area is 225 Å². The summed E-state index contributed by atoms with van der Waals surface area (Å²) in [5.41, 5.74) is 11.4. The van der Waals surface area contributed by atoms with E-state index in [1.807, 2.05) is 0 Å². The summed E-state index contributed by atoms with van der Waals surface area (Å²) in [7, 11) is 0. The molecule has 2 atom stereocenters. The number of nitrogens with one attached hydrogen (secondary N) is 4. The van der Waals surface area contributed by atoms with Gasteiger partial charge in [0.1, 0.15) is 12.1 Å². The standard InChI is InChI=1S/C24H46N8O6/c1-5-19(33)27-15-17(29-21(35)7-3)23(37)31(11-9-25)13-14-32(12-10-26)24(38)18(30-22(36)8-4)16-28-20(34)6-2/h17-18H,5-16,25-26H2,1-4H3,(H,27,33)(H,28,34)(H,29,35)(H,30,36). The molecule has 38 heavy (non-hydrogen) atoms. The summed E-state index contributed by atoms with van der Waals surface area (Å²) in [6, 6.07) is -2.02. The van der Waals surface area contributed by atoms with Gasteiger partial charge in [-0.3, -0.25) is 28.8 Å². The van der Waals surface area contributed by atoms with Crippen molar-refractivity contribution in [1.82, 2.24) is 31.1 Å². The lowest BCUT2D eigenvalue weighted by atomic mass is 10.2. The fraction of sp³-hybridized carbons (Fsp3) is 0.750. The molecule has 6 amide bonds. The molecule has 14 heteroatoms. The number of nitrogens with two attached hydrogens (primary N) is 2. The summed E-state index contributed by atoms with van der Waals surface area (Å²) in [5.74, 6) is -2.17. The van der Waals surface area contributed by atoms with E-state index < -0.39 is 23.9 Å². The largest absolute Gasteiger partial charge is 0.354 e. The van der Waals surface area contributed by atoms with Gasteiger partial charge in [0.2, 0.25) is 35.4 Å². The van der Waals surface area contributed by atoms with Gasteiger partial charge in [0.25, 0.3) is 0 Å². The molecule has 0 spiro atoms. The van der Waals surface area contributed by atoms with Crippen LogP contribution in [0.15, 0.2) is 0 Å². The molecule has 0 bridgehead atoms. The number of amides is 6. The fourth-order valence-electron chi connectivity index (χ4n) is 3.33. The highest BCUT2D eigenvalue weighted by Crippen LogP contribution is 2.02. The molecule has 0 aromatic heterocycles. The van der Waals surface area contributed by atoms with Gasteiger partial charge in [-0.05, 0) is 0 Å². The molecule has 0 saturated carbocycles. The molecule has 2 unspecified atom stereocenters. The Kier molecular flexibility index (Phi) is 18.1. The molecule has 0 fully saturated rings. The first-order valence-corrected chi connectivity index (χ1v) is 13.2. The van der Waals surface area contributed by atoms with E-state index in [0.717, 1.165) is 0 Å². The molecular formula is C24H46N8O6. The van der Waals surface area contributed by atoms with Crippen LogP contribution >= 0.6 is 0 Å². The molecule has 0 radical (unpaired) electrons. The molecular weight excluding hydrogens is 496 g/mol. The molecule has 0 aliphatic heterocycles. The van der Waals surface area contributed by atoms with Crippen molar-refractivity contribution < 1.29 is 28.8 Å². The van der Waals surface area contributed by atoms with Crippen LogP contribution in [0.4, 0.5) is 0 Å². The van der Waals surface area contributed by atoms with Gasteiger partial charge in [0.15, 0.2) is 0 Å². The maximum absolute atomic E-state index is 13.3. The van der Waals surface area contributed by atoms with Crippen LogP contribution in [0.2, 0.25) is 0 Å². The van der Waals surface area contributed by atoms with Crippen molar-refractivity contribution in [3.8, 4) is 0 Å². The van der Waals surface area contributed by atoms with E-state index in [1.54, 1.807) is 27.7 Å². The van der Waals surface area contributed by atoms with E-state index in [4.69, 9.17) is 11.5 Å². The Morgan fingerprint density at radius 3 is 1.13 bits per heavy atom. The minimum Gasteiger partial charge on any atom is -0.354 e. The Bertz CT molecular complexity index is 730. The molecule has 0 aliphatic rings. The number of hydrogen-bond donors (Lipinski definition) is 6. The number of hydrogen-bond acceptors (Lipinski definition) is 8. The molecule has 8 N–H and O–H groups in total. The molecule has 0 rings (SSSR count). The van der Waals surface area contributed by atoms with E-state index in [-0.39, 0.29) is 102 Å². The van der Waals surface area contributed by atoms with Gasteiger partial charge < -0.3 is 42.5 Å². The van der Waals surface area contributed by atoms with Gasteiger partial charge >= 0.3 is 0 Å². The summed E-state index contributed by atoms with van der Waals surface area (Å²) in [5, 5.41) is 10.5. The minimum absolute atomic E-state index is 0.0672. The average molecular weight is 543 g/mol. The number of carbonyl (C=O) groups excluding carboxylic acids is 6. The van der Waals surface area contributed by atoms with Crippen LogP contribution in [0.1, 0.15) is 53.4 Å². The maximum Gasteiger partial charge on any atom is 0.247 e. The topological polar surface area (TPSA) is 209 Å². The SMILES string of the molecule is CCC(=O)NCC(NC(=O)CC)C(=O)N(CCN)CCN(CCN)C(=O)C(CNC(=O)CC)NC(=O)CC. The van der Waals surface area contributed by atoms with E-state index in [0.29, 0.717) is 0 Å². The third-order valence-corrected chi connectivity index (χ3v) is 5.62. The average Bonchev–Trinajstić information content (AvgIpc) is 2.92. The van der Waals surface area contributed by atoms with Gasteiger partial charge in [-0.1, -0.05) is 27.7 Å². The first-order valence-electron chi connectivity index (χ1n) is 13.2. The highest BCUT2D eigenvalue weighted by Gasteiger charge is 2.29. The lowest BCUT2D eigenvalue weighted by Crippen LogP contribution is -2.57. The van der Waals surface area contributed by atoms with Gasteiger partial charge in [0.05, 0.1) is 0 Å². The molecule has 0 aromatic carbocycles. The van der Waals surface area contributed by atoms with Crippen molar-refractivity contribution in [3.63, 3.8) is 0 Å². The summed E-state index contributed by atoms with van der Waals surface area (Å²) < 4.78 is 0. The van der Waals surface area contributed by atoms with Crippen molar-refractivity contribution >= 4 is 35.4 Å². The maximum atomic E-state index is 13.3. The normalized spacial score (nSPS) is 12.1. The predicted octanol–water partition coefficient (Wildman–Crippen LogP) is -2.60. The Morgan fingerprint density at radius 2 is 0.868 bits per heavy atom. The first-order chi connectivity index (χ1) is 18.1. The lowest BCUT2D eigenvalue weighted by Gasteiger charge is -2.32. The van der Waals surface area contributed by atoms with Crippen LogP contribution in [0.25, 0.3) is 0 Å². The zero-order chi connectivity index (χ0) is 29.1. The molecule has 0 heterocycles. The highest BCUT2D eigenvalue weighted by molar-refractivity contribution is 5.89. The summed E-state index contributed by atoms with van der Waals surface area (Å²) in [6.07, 6.45) is 0.751. The second kappa shape index (κ2) is 19.8. The van der Waals surface area contributed by atoms with Gasteiger partial charge in [-0.25, -0.2) is 0 Å². The van der Waals surface area contributed by atoms with Gasteiger partial charge in [0, 0.05) is 78.0 Å². The Balaban J connectivity index is 5.70. The minimum atomic E-state index is -1.01. The van der Waals surface area contributed by atoms with Crippen molar-refractivity contribution in [2.24, 2.45) is 11.5 Å². The van der Waals surface area contributed by atoms with Crippen molar-refractivity contribution in [2.75, 3.05) is 52.4 Å². The summed E-state index contributed by atoms with van der Waals surface area (Å²) in [6.45, 7) is 7.13. The van der Waals surface area contributed by atoms with Crippen LogP contribution in [-0.4, -0.2) is 110 Å². The fourth-order valence-corrected chi connectivity index (χ4v) is 3.33. The number of rotatable bonds is 19. The van der Waals surface area contributed by atoms with Crippen LogP contribution < -0.4 is 32.7 Å². The molecule has 0 aliphatic carbocycles. The second-order valence-corrected chi connectivity index (χ2v) is 8.49. The Morgan fingerprint density at radius 1 is 0.553 bits per heavy atom. The van der Waals surface area contributed by atoms with E-state index >= 15 is 0 Å². The second-order valence-electron chi connectivity index (χ2n) is 8.49. The monoisotopic (exact) mass is 542 g/mol. The van der Waals surface area contributed by atoms with Crippen LogP contribution in [0.5, 0.6) is 0 Å². The zero-order valence-corrected chi connectivity index (χ0v) is 23.1. The molecule has 218 valence electrons. The Hall–Kier alpha value is -3.26. The van der Waals surface area contributed by atoms with Crippen LogP contribution in [-0.2, 0) is 28.8 Å². The molecule has 0 aromatic rings. The van der Waals surface area contributed by atoms with Gasteiger partial charge in [-0.2, -0.15) is 0 Å². The van der Waals surface area contributed by atoms with Crippen molar-refractivity contribution in [1.29, 1.82) is 0 Å². The van der Waals surface area contributed by atoms with Crippen LogP contribution in [0, 0.1) is 0 Å². The van der Waals surface area contributed by atoms with Gasteiger partial charge in [-0.15, -0.1) is 0 Å². The van der Waals surface area contributed by atoms with Crippen molar-refractivity contribution in [3.05, 3.63) is 0 Å². The number of carbonyl (C=O) groups is 6. The van der Waals surface area contributed by atoms with E-state index in [2.05, 4.69) is 21.3 Å². The van der Waals surface area contributed by atoms with E-state index in [1.165, 1.54) is 9.80 Å². The molecule has 14 nitrogen and oxygen atoms in total. The van der Waals surface area contributed by atoms with Crippen molar-refractivity contribution in [2.45, 2.75) is 65.5 Å². The number of nitrogens with zero attached hydrogens (tertiary/aromatic N) is 2. The zero-order valence-electron chi connectivity index (χ0n) is 23.1. The first kappa shape index (κ1) is 34.7. The smallest absolute Gasteiger partial charge is 0.247 e. The quantitative estimate of drug-likeness (QED) is 0.102. The summed E-state index contributed by atoms with van der Waals surface area (Å²) in [4.78, 5) is 77.0. The molecule has 0 saturated heterocycles.